The molecular formula is C33H45N3O3. The third-order valence-electron chi connectivity index (χ3n) is 9.43. The van der Waals surface area contributed by atoms with E-state index in [-0.39, 0.29) is 23.6 Å². The summed E-state index contributed by atoms with van der Waals surface area (Å²) in [6.07, 6.45) is 7.79. The van der Waals surface area contributed by atoms with Crippen LogP contribution in [0.15, 0.2) is 48.5 Å². The van der Waals surface area contributed by atoms with Crippen LogP contribution in [0.4, 0.5) is 4.79 Å². The van der Waals surface area contributed by atoms with Gasteiger partial charge in [-0.25, -0.2) is 4.79 Å². The van der Waals surface area contributed by atoms with Crippen LogP contribution < -0.4 is 0 Å². The molecule has 39 heavy (non-hydrogen) atoms. The number of amides is 2. The molecule has 5 rings (SSSR count). The zero-order valence-corrected chi connectivity index (χ0v) is 24.0. The number of ether oxygens (including phenoxy) is 1. The average Bonchev–Trinajstić information content (AvgIpc) is 3.20. The summed E-state index contributed by atoms with van der Waals surface area (Å²) >= 11 is 0. The van der Waals surface area contributed by atoms with Gasteiger partial charge in [0, 0.05) is 57.2 Å². The fraction of sp³-hybridized carbons (Fsp3) is 0.576. The van der Waals surface area contributed by atoms with Crippen LogP contribution in [-0.2, 0) is 11.2 Å². The Hall–Kier alpha value is -2.86. The molecule has 6 nitrogen and oxygen atoms in total. The van der Waals surface area contributed by atoms with E-state index in [1.807, 2.05) is 47.9 Å². The standard InChI is InChI=1S/C33H45N3O3/c1-4-5-14-29-33(39-32(38)36(29)22-15-27-12-7-6-8-13-27)18-23-34(24-19-33)28-16-20-35(21-17-28)31(37)30-25(2)10-9-11-26(30)3/h6-13,28-29H,4-5,14-24H2,1-3H3. The van der Waals surface area contributed by atoms with E-state index in [1.165, 1.54) is 5.56 Å². The molecule has 2 aromatic rings. The first kappa shape index (κ1) is 27.7. The second-order valence-corrected chi connectivity index (χ2v) is 11.8. The summed E-state index contributed by atoms with van der Waals surface area (Å²) in [5.74, 6) is 0.175. The van der Waals surface area contributed by atoms with Gasteiger partial charge in [0.2, 0.25) is 0 Å². The average molecular weight is 532 g/mol. The second-order valence-electron chi connectivity index (χ2n) is 11.8. The van der Waals surface area contributed by atoms with Crippen LogP contribution in [0.1, 0.15) is 78.9 Å². The Balaban J connectivity index is 1.18. The maximum absolute atomic E-state index is 13.3. The summed E-state index contributed by atoms with van der Waals surface area (Å²) in [6.45, 7) is 10.5. The van der Waals surface area contributed by atoms with Crippen LogP contribution in [0.5, 0.6) is 0 Å². The Morgan fingerprint density at radius 1 is 0.949 bits per heavy atom. The predicted molar refractivity (Wildman–Crippen MR) is 155 cm³/mol. The maximum Gasteiger partial charge on any atom is 0.410 e. The number of benzene rings is 2. The minimum atomic E-state index is -0.363. The zero-order valence-electron chi connectivity index (χ0n) is 24.0. The minimum absolute atomic E-state index is 0.126. The van der Waals surface area contributed by atoms with Gasteiger partial charge in [0.05, 0.1) is 6.04 Å². The predicted octanol–water partition coefficient (Wildman–Crippen LogP) is 6.00. The van der Waals surface area contributed by atoms with E-state index in [1.54, 1.807) is 0 Å². The summed E-state index contributed by atoms with van der Waals surface area (Å²) < 4.78 is 6.26. The van der Waals surface area contributed by atoms with E-state index < -0.39 is 0 Å². The highest BCUT2D eigenvalue weighted by molar-refractivity contribution is 5.97. The van der Waals surface area contributed by atoms with Crippen molar-refractivity contribution in [1.82, 2.24) is 14.7 Å². The third kappa shape index (κ3) is 5.86. The van der Waals surface area contributed by atoms with E-state index >= 15 is 0 Å². The molecule has 3 aliphatic heterocycles. The summed E-state index contributed by atoms with van der Waals surface area (Å²) in [7, 11) is 0. The fourth-order valence-corrected chi connectivity index (χ4v) is 7.12. The van der Waals surface area contributed by atoms with Crippen LogP contribution in [0, 0.1) is 13.8 Å². The van der Waals surface area contributed by atoms with Gasteiger partial charge in [-0.2, -0.15) is 0 Å². The molecule has 6 heteroatoms. The summed E-state index contributed by atoms with van der Waals surface area (Å²) in [6, 6.07) is 17.2. The highest BCUT2D eigenvalue weighted by Crippen LogP contribution is 2.42. The van der Waals surface area contributed by atoms with Gasteiger partial charge in [-0.3, -0.25) is 9.69 Å². The zero-order chi connectivity index (χ0) is 27.4. The van der Waals surface area contributed by atoms with Gasteiger partial charge in [-0.05, 0) is 56.2 Å². The Morgan fingerprint density at radius 2 is 1.62 bits per heavy atom. The number of unbranched alkanes of at least 4 members (excludes halogenated alkanes) is 1. The van der Waals surface area contributed by atoms with Gasteiger partial charge in [0.15, 0.2) is 0 Å². The monoisotopic (exact) mass is 531 g/mol. The van der Waals surface area contributed by atoms with Gasteiger partial charge in [-0.1, -0.05) is 68.3 Å². The van der Waals surface area contributed by atoms with Gasteiger partial charge < -0.3 is 14.5 Å². The molecule has 3 heterocycles. The molecule has 0 aliphatic carbocycles. The number of carbonyl (C=O) groups excluding carboxylic acids is 2. The lowest BCUT2D eigenvalue weighted by Crippen LogP contribution is -2.56. The first-order valence-corrected chi connectivity index (χ1v) is 15.0. The van der Waals surface area contributed by atoms with Crippen molar-refractivity contribution in [2.45, 2.75) is 89.8 Å². The summed E-state index contributed by atoms with van der Waals surface area (Å²) in [5, 5.41) is 0. The number of hydrogen-bond acceptors (Lipinski definition) is 4. The summed E-state index contributed by atoms with van der Waals surface area (Å²) in [5.41, 5.74) is 3.89. The molecule has 0 bridgehead atoms. The number of aryl methyl sites for hydroxylation is 2. The molecule has 1 atom stereocenters. The topological polar surface area (TPSA) is 53.1 Å². The van der Waals surface area contributed by atoms with Gasteiger partial charge in [-0.15, -0.1) is 0 Å². The number of nitrogens with zero attached hydrogens (tertiary/aromatic N) is 3. The van der Waals surface area contributed by atoms with Crippen molar-refractivity contribution >= 4 is 12.0 Å². The third-order valence-corrected chi connectivity index (χ3v) is 9.43. The molecular weight excluding hydrogens is 486 g/mol. The Morgan fingerprint density at radius 3 is 2.26 bits per heavy atom. The molecule has 3 aliphatic rings. The summed E-state index contributed by atoms with van der Waals surface area (Å²) in [4.78, 5) is 33.1. The van der Waals surface area contributed by atoms with Crippen LogP contribution >= 0.6 is 0 Å². The smallest absolute Gasteiger partial charge is 0.410 e. The van der Waals surface area contributed by atoms with Crippen molar-refractivity contribution in [3.63, 3.8) is 0 Å². The highest BCUT2D eigenvalue weighted by Gasteiger charge is 2.54. The number of likely N-dealkylation sites (tertiary alicyclic amines) is 2. The van der Waals surface area contributed by atoms with Gasteiger partial charge >= 0.3 is 6.09 Å². The Labute approximate surface area is 234 Å². The van der Waals surface area contributed by atoms with Crippen molar-refractivity contribution < 1.29 is 14.3 Å². The number of piperidine rings is 2. The lowest BCUT2D eigenvalue weighted by Gasteiger charge is -2.46. The maximum atomic E-state index is 13.3. The molecule has 0 saturated carbocycles. The first-order valence-electron chi connectivity index (χ1n) is 15.0. The Kier molecular flexibility index (Phi) is 8.61. The van der Waals surface area contributed by atoms with Crippen LogP contribution in [0.3, 0.4) is 0 Å². The molecule has 210 valence electrons. The highest BCUT2D eigenvalue weighted by atomic mass is 16.6. The lowest BCUT2D eigenvalue weighted by molar-refractivity contribution is -0.0381. The van der Waals surface area contributed by atoms with Gasteiger partial charge in [0.1, 0.15) is 5.60 Å². The van der Waals surface area contributed by atoms with E-state index in [2.05, 4.69) is 36.1 Å². The molecule has 0 aromatic heterocycles. The molecule has 1 unspecified atom stereocenters. The molecule has 2 aromatic carbocycles. The van der Waals surface area contributed by atoms with Crippen molar-refractivity contribution in [3.8, 4) is 0 Å². The van der Waals surface area contributed by atoms with Gasteiger partial charge in [0.25, 0.3) is 5.91 Å². The number of carbonyl (C=O) groups is 2. The lowest BCUT2D eigenvalue weighted by atomic mass is 9.81. The van der Waals surface area contributed by atoms with Crippen molar-refractivity contribution in [2.75, 3.05) is 32.7 Å². The normalized spacial score (nSPS) is 21.9. The van der Waals surface area contributed by atoms with E-state index in [0.29, 0.717) is 6.04 Å². The first-order chi connectivity index (χ1) is 18.9. The molecule has 3 saturated heterocycles. The Bertz CT molecular complexity index is 1110. The quantitative estimate of drug-likeness (QED) is 0.420. The fourth-order valence-electron chi connectivity index (χ4n) is 7.12. The van der Waals surface area contributed by atoms with Crippen LogP contribution in [-0.4, -0.2) is 77.1 Å². The SMILES string of the molecule is CCCCC1N(CCc2ccccc2)C(=O)OC12CCN(C1CCN(C(=O)c3c(C)cccc3C)CC1)CC2. The van der Waals surface area contributed by atoms with E-state index in [0.717, 1.165) is 101 Å². The number of rotatable bonds is 8. The van der Waals surface area contributed by atoms with Crippen LogP contribution in [0.2, 0.25) is 0 Å². The molecule has 3 fully saturated rings. The van der Waals surface area contributed by atoms with Crippen molar-refractivity contribution in [1.29, 1.82) is 0 Å². The van der Waals surface area contributed by atoms with E-state index in [9.17, 15) is 9.59 Å². The van der Waals surface area contributed by atoms with E-state index in [4.69, 9.17) is 4.74 Å². The van der Waals surface area contributed by atoms with Crippen LogP contribution in [0.25, 0.3) is 0 Å². The molecule has 0 radical (unpaired) electrons. The largest absolute Gasteiger partial charge is 0.440 e. The van der Waals surface area contributed by atoms with Crippen molar-refractivity contribution in [3.05, 3.63) is 70.8 Å². The molecule has 0 N–H and O–H groups in total. The number of hydrogen-bond donors (Lipinski definition) is 0. The second kappa shape index (κ2) is 12.1. The van der Waals surface area contributed by atoms with Crippen molar-refractivity contribution in [2.24, 2.45) is 0 Å². The molecule has 1 spiro atoms. The minimum Gasteiger partial charge on any atom is -0.440 e. The molecule has 2 amide bonds.